The van der Waals surface area contributed by atoms with E-state index in [1.165, 1.54) is 5.56 Å². The first kappa shape index (κ1) is 16.1. The molecule has 110 valence electrons. The molecule has 0 aliphatic heterocycles. The second kappa shape index (κ2) is 7.10. The molecule has 0 fully saturated rings. The molecule has 0 atom stereocenters. The third-order valence-electron chi connectivity index (χ3n) is 3.29. The minimum Gasteiger partial charge on any atom is -0.335 e. The Kier molecular flexibility index (Phi) is 5.43. The number of carbonyl (C=O) groups is 1. The number of rotatable bonds is 4. The van der Waals surface area contributed by atoms with E-state index in [2.05, 4.69) is 35.0 Å². The first-order valence-electron chi connectivity index (χ1n) is 6.81. The summed E-state index contributed by atoms with van der Waals surface area (Å²) in [6.07, 6.45) is 0. The fraction of sp³-hybridized carbons (Fsp3) is 0.235. The monoisotopic (exact) mass is 365 g/mol. The van der Waals surface area contributed by atoms with Gasteiger partial charge >= 0.3 is 0 Å². The Bertz CT molecular complexity index is 657. The maximum atomic E-state index is 12.6. The zero-order chi connectivity index (χ0) is 15.4. The summed E-state index contributed by atoms with van der Waals surface area (Å²) in [5, 5.41) is 0.549. The maximum Gasteiger partial charge on any atom is 0.254 e. The zero-order valence-corrected chi connectivity index (χ0v) is 14.4. The highest BCUT2D eigenvalue weighted by atomic mass is 79.9. The number of carbonyl (C=O) groups excluding carboxylic acids is 1. The van der Waals surface area contributed by atoms with E-state index in [9.17, 15) is 4.79 Å². The van der Waals surface area contributed by atoms with Gasteiger partial charge in [0, 0.05) is 23.1 Å². The first-order chi connectivity index (χ1) is 10.0. The van der Waals surface area contributed by atoms with Crippen LogP contribution in [0.2, 0.25) is 5.02 Å². The van der Waals surface area contributed by atoms with Gasteiger partial charge in [-0.3, -0.25) is 4.79 Å². The Morgan fingerprint density at radius 2 is 2.00 bits per heavy atom. The normalized spacial score (nSPS) is 10.5. The summed E-state index contributed by atoms with van der Waals surface area (Å²) in [6.45, 7) is 5.29. The summed E-state index contributed by atoms with van der Waals surface area (Å²) in [5.41, 5.74) is 2.94. The maximum absolute atomic E-state index is 12.6. The van der Waals surface area contributed by atoms with Crippen molar-refractivity contribution < 1.29 is 4.79 Å². The van der Waals surface area contributed by atoms with E-state index in [0.29, 0.717) is 23.7 Å². The molecular formula is C17H17BrClNO. The van der Waals surface area contributed by atoms with Crippen LogP contribution in [0.15, 0.2) is 46.9 Å². The van der Waals surface area contributed by atoms with Crippen molar-refractivity contribution in [3.63, 3.8) is 0 Å². The van der Waals surface area contributed by atoms with Gasteiger partial charge in [-0.1, -0.05) is 41.4 Å². The molecule has 2 nitrogen and oxygen atoms in total. The number of hydrogen-bond acceptors (Lipinski definition) is 1. The van der Waals surface area contributed by atoms with Gasteiger partial charge in [0.05, 0.1) is 5.02 Å². The molecule has 1 amide bonds. The van der Waals surface area contributed by atoms with Crippen molar-refractivity contribution in [2.75, 3.05) is 6.54 Å². The van der Waals surface area contributed by atoms with Crippen molar-refractivity contribution in [1.82, 2.24) is 4.90 Å². The second-order valence-corrected chi connectivity index (χ2v) is 6.20. The molecule has 0 aliphatic carbocycles. The molecule has 0 bridgehead atoms. The van der Waals surface area contributed by atoms with Crippen molar-refractivity contribution in [2.45, 2.75) is 20.4 Å². The van der Waals surface area contributed by atoms with Gasteiger partial charge in [0.15, 0.2) is 0 Å². The number of halogens is 2. The van der Waals surface area contributed by atoms with Gasteiger partial charge in [-0.15, -0.1) is 0 Å². The summed E-state index contributed by atoms with van der Waals surface area (Å²) in [6, 6.07) is 13.5. The molecule has 2 rings (SSSR count). The van der Waals surface area contributed by atoms with Crippen LogP contribution in [0.3, 0.4) is 0 Å². The summed E-state index contributed by atoms with van der Waals surface area (Å²) in [7, 11) is 0. The number of nitrogens with zero attached hydrogens (tertiary/aromatic N) is 1. The van der Waals surface area contributed by atoms with Crippen LogP contribution in [0.4, 0.5) is 0 Å². The van der Waals surface area contributed by atoms with E-state index in [0.717, 1.165) is 10.0 Å². The Labute approximate surface area is 138 Å². The lowest BCUT2D eigenvalue weighted by Crippen LogP contribution is -2.30. The van der Waals surface area contributed by atoms with Gasteiger partial charge in [-0.05, 0) is 53.5 Å². The molecule has 21 heavy (non-hydrogen) atoms. The van der Waals surface area contributed by atoms with Gasteiger partial charge in [0.25, 0.3) is 5.91 Å². The molecule has 2 aromatic carbocycles. The van der Waals surface area contributed by atoms with E-state index in [1.807, 2.05) is 24.0 Å². The minimum atomic E-state index is -0.00611. The molecule has 0 unspecified atom stereocenters. The molecule has 0 saturated heterocycles. The van der Waals surface area contributed by atoms with Crippen molar-refractivity contribution in [3.8, 4) is 0 Å². The van der Waals surface area contributed by atoms with Gasteiger partial charge < -0.3 is 4.90 Å². The lowest BCUT2D eigenvalue weighted by Gasteiger charge is -2.21. The SMILES string of the molecule is CCN(Cc1cccc(C)c1)C(=O)c1ccc(Br)c(Cl)c1. The molecule has 4 heteroatoms. The number of amides is 1. The van der Waals surface area contributed by atoms with E-state index < -0.39 is 0 Å². The molecule has 0 heterocycles. The quantitative estimate of drug-likeness (QED) is 0.739. The molecular weight excluding hydrogens is 350 g/mol. The van der Waals surface area contributed by atoms with Crippen molar-refractivity contribution in [1.29, 1.82) is 0 Å². The average molecular weight is 367 g/mol. The highest BCUT2D eigenvalue weighted by Gasteiger charge is 2.15. The van der Waals surface area contributed by atoms with Crippen LogP contribution in [0, 0.1) is 6.92 Å². The van der Waals surface area contributed by atoms with Crippen LogP contribution in [0.5, 0.6) is 0 Å². The van der Waals surface area contributed by atoms with E-state index >= 15 is 0 Å². The van der Waals surface area contributed by atoms with Crippen LogP contribution < -0.4 is 0 Å². The Hall–Kier alpha value is -1.32. The molecule has 0 radical (unpaired) electrons. The van der Waals surface area contributed by atoms with Gasteiger partial charge in [0.1, 0.15) is 0 Å². The Balaban J connectivity index is 2.20. The standard InChI is InChI=1S/C17H17BrClNO/c1-3-20(11-13-6-4-5-12(2)9-13)17(21)14-7-8-15(18)16(19)10-14/h4-10H,3,11H2,1-2H3. The first-order valence-corrected chi connectivity index (χ1v) is 7.98. The topological polar surface area (TPSA) is 20.3 Å². The third kappa shape index (κ3) is 4.08. The van der Waals surface area contributed by atoms with Crippen molar-refractivity contribution >= 4 is 33.4 Å². The van der Waals surface area contributed by atoms with Gasteiger partial charge in [-0.2, -0.15) is 0 Å². The van der Waals surface area contributed by atoms with Gasteiger partial charge in [0.2, 0.25) is 0 Å². The summed E-state index contributed by atoms with van der Waals surface area (Å²) >= 11 is 9.41. The molecule has 0 saturated carbocycles. The van der Waals surface area contributed by atoms with E-state index in [-0.39, 0.29) is 5.91 Å². The lowest BCUT2D eigenvalue weighted by molar-refractivity contribution is 0.0752. The third-order valence-corrected chi connectivity index (χ3v) is 4.52. The molecule has 0 N–H and O–H groups in total. The van der Waals surface area contributed by atoms with Crippen LogP contribution in [-0.2, 0) is 6.54 Å². The van der Waals surface area contributed by atoms with Crippen LogP contribution in [0.1, 0.15) is 28.4 Å². The molecule has 0 aliphatic rings. The fourth-order valence-corrected chi connectivity index (χ4v) is 2.60. The summed E-state index contributed by atoms with van der Waals surface area (Å²) < 4.78 is 0.794. The number of aryl methyl sites for hydroxylation is 1. The lowest BCUT2D eigenvalue weighted by atomic mass is 10.1. The van der Waals surface area contributed by atoms with Crippen LogP contribution >= 0.6 is 27.5 Å². The summed E-state index contributed by atoms with van der Waals surface area (Å²) in [5.74, 6) is -0.00611. The number of hydrogen-bond donors (Lipinski definition) is 0. The van der Waals surface area contributed by atoms with Gasteiger partial charge in [-0.25, -0.2) is 0 Å². The number of benzene rings is 2. The highest BCUT2D eigenvalue weighted by Crippen LogP contribution is 2.24. The van der Waals surface area contributed by atoms with E-state index in [4.69, 9.17) is 11.6 Å². The highest BCUT2D eigenvalue weighted by molar-refractivity contribution is 9.10. The fourth-order valence-electron chi connectivity index (χ4n) is 2.17. The second-order valence-electron chi connectivity index (χ2n) is 4.94. The molecule has 0 aromatic heterocycles. The predicted molar refractivity (Wildman–Crippen MR) is 90.7 cm³/mol. The predicted octanol–water partition coefficient (Wildman–Crippen LogP) is 5.07. The van der Waals surface area contributed by atoms with Crippen LogP contribution in [0.25, 0.3) is 0 Å². The molecule has 0 spiro atoms. The van der Waals surface area contributed by atoms with E-state index in [1.54, 1.807) is 18.2 Å². The van der Waals surface area contributed by atoms with Crippen molar-refractivity contribution in [2.24, 2.45) is 0 Å². The molecule has 2 aromatic rings. The smallest absolute Gasteiger partial charge is 0.254 e. The Morgan fingerprint density at radius 3 is 2.62 bits per heavy atom. The minimum absolute atomic E-state index is 0.00611. The zero-order valence-electron chi connectivity index (χ0n) is 12.1. The van der Waals surface area contributed by atoms with Crippen LogP contribution in [-0.4, -0.2) is 17.4 Å². The Morgan fingerprint density at radius 1 is 1.24 bits per heavy atom. The van der Waals surface area contributed by atoms with Crippen molar-refractivity contribution in [3.05, 3.63) is 68.7 Å². The largest absolute Gasteiger partial charge is 0.335 e. The average Bonchev–Trinajstić information content (AvgIpc) is 2.47. The summed E-state index contributed by atoms with van der Waals surface area (Å²) in [4.78, 5) is 14.4.